The highest BCUT2D eigenvalue weighted by Crippen LogP contribution is 2.31. The van der Waals surface area contributed by atoms with Crippen molar-refractivity contribution >= 4 is 5.97 Å². The number of hydrogen-bond acceptors (Lipinski definition) is 2. The minimum atomic E-state index is -0.928. The summed E-state index contributed by atoms with van der Waals surface area (Å²) in [4.78, 5) is 10.6. The van der Waals surface area contributed by atoms with Gasteiger partial charge in [0.2, 0.25) is 0 Å². The molecule has 0 saturated heterocycles. The summed E-state index contributed by atoms with van der Waals surface area (Å²) < 4.78 is 5.52. The van der Waals surface area contributed by atoms with Crippen molar-refractivity contribution in [3.63, 3.8) is 0 Å². The molecule has 0 aliphatic heterocycles. The van der Waals surface area contributed by atoms with Crippen LogP contribution < -0.4 is 0 Å². The Bertz CT molecular complexity index is 655. The van der Waals surface area contributed by atoms with Gasteiger partial charge in [-0.1, -0.05) is 54.5 Å². The Hall–Kier alpha value is -2.13. The van der Waals surface area contributed by atoms with Gasteiger partial charge in [0.1, 0.15) is 0 Å². The maximum absolute atomic E-state index is 10.6. The number of carboxylic acid groups (broad SMARTS) is 1. The number of rotatable bonds is 6. The summed E-state index contributed by atoms with van der Waals surface area (Å²) in [5.74, 6) is -0.561. The van der Waals surface area contributed by atoms with Crippen molar-refractivity contribution in [3.8, 4) is 0 Å². The van der Waals surface area contributed by atoms with Crippen LogP contribution >= 0.6 is 0 Å². The summed E-state index contributed by atoms with van der Waals surface area (Å²) >= 11 is 0. The zero-order chi connectivity index (χ0) is 18.3. The molecule has 3 nitrogen and oxygen atoms in total. The second-order valence-corrected chi connectivity index (χ2v) is 6.27. The predicted molar refractivity (Wildman–Crippen MR) is 99.8 cm³/mol. The molecule has 1 aliphatic carbocycles. The molecule has 0 bridgehead atoms. The van der Waals surface area contributed by atoms with Crippen LogP contribution in [0.5, 0.6) is 0 Å². The highest BCUT2D eigenvalue weighted by Gasteiger charge is 2.23. The maximum Gasteiger partial charge on any atom is 0.328 e. The van der Waals surface area contributed by atoms with E-state index >= 15 is 0 Å². The molecule has 0 aromatic heterocycles. The molecule has 0 fully saturated rings. The molecule has 0 heterocycles. The summed E-state index contributed by atoms with van der Waals surface area (Å²) in [6.07, 6.45) is 13.3. The number of carboxylic acids is 1. The molecule has 24 heavy (non-hydrogen) atoms. The quantitative estimate of drug-likeness (QED) is 0.551. The zero-order valence-electron chi connectivity index (χ0n) is 15.5. The van der Waals surface area contributed by atoms with Gasteiger partial charge < -0.3 is 9.84 Å². The van der Waals surface area contributed by atoms with E-state index in [1.165, 1.54) is 22.8 Å². The van der Waals surface area contributed by atoms with Gasteiger partial charge in [-0.25, -0.2) is 4.79 Å². The lowest BCUT2D eigenvalue weighted by Gasteiger charge is -2.28. The lowest BCUT2D eigenvalue weighted by atomic mass is 9.83. The molecular formula is C21H28O3. The maximum atomic E-state index is 10.6. The monoisotopic (exact) mass is 328 g/mol. The minimum Gasteiger partial charge on any atom is -0.478 e. The topological polar surface area (TPSA) is 46.5 Å². The van der Waals surface area contributed by atoms with Crippen LogP contribution in [0.1, 0.15) is 34.6 Å². The van der Waals surface area contributed by atoms with E-state index in [4.69, 9.17) is 9.84 Å². The van der Waals surface area contributed by atoms with Crippen molar-refractivity contribution in [2.24, 2.45) is 5.92 Å². The van der Waals surface area contributed by atoms with E-state index in [-0.39, 0.29) is 6.10 Å². The lowest BCUT2D eigenvalue weighted by molar-refractivity contribution is -0.131. The fourth-order valence-electron chi connectivity index (χ4n) is 2.68. The number of allylic oxidation sites excluding steroid dienone is 9. The van der Waals surface area contributed by atoms with Gasteiger partial charge in [-0.05, 0) is 44.4 Å². The second-order valence-electron chi connectivity index (χ2n) is 6.27. The largest absolute Gasteiger partial charge is 0.478 e. The molecule has 0 radical (unpaired) electrons. The van der Waals surface area contributed by atoms with Gasteiger partial charge in [-0.3, -0.25) is 0 Å². The SMILES string of the molecule is COC1C=C(C)C(/C=C/C(C)=C/C=C/C(C)=C/C(=O)O)=C(C)C1C. The molecule has 130 valence electrons. The number of aliphatic carboxylic acids is 1. The van der Waals surface area contributed by atoms with E-state index in [2.05, 4.69) is 39.0 Å². The molecule has 0 amide bonds. The predicted octanol–water partition coefficient (Wildman–Crippen LogP) is 5.00. The van der Waals surface area contributed by atoms with Crippen molar-refractivity contribution in [1.29, 1.82) is 0 Å². The van der Waals surface area contributed by atoms with E-state index in [0.29, 0.717) is 11.5 Å². The lowest BCUT2D eigenvalue weighted by Crippen LogP contribution is -2.23. The average Bonchev–Trinajstić information content (AvgIpc) is 2.50. The van der Waals surface area contributed by atoms with E-state index in [1.807, 2.05) is 19.1 Å². The van der Waals surface area contributed by atoms with E-state index in [9.17, 15) is 4.79 Å². The Kier molecular flexibility index (Phi) is 7.66. The molecule has 0 aromatic rings. The van der Waals surface area contributed by atoms with Crippen LogP contribution in [-0.2, 0) is 9.53 Å². The molecular weight excluding hydrogens is 300 g/mol. The molecule has 1 aliphatic rings. The van der Waals surface area contributed by atoms with E-state index in [1.54, 1.807) is 20.1 Å². The van der Waals surface area contributed by atoms with Gasteiger partial charge >= 0.3 is 5.97 Å². The summed E-state index contributed by atoms with van der Waals surface area (Å²) in [5, 5.41) is 8.67. The fourth-order valence-corrected chi connectivity index (χ4v) is 2.68. The Morgan fingerprint density at radius 2 is 1.88 bits per heavy atom. The Morgan fingerprint density at radius 3 is 2.46 bits per heavy atom. The number of ether oxygens (including phenoxy) is 1. The molecule has 2 unspecified atom stereocenters. The van der Waals surface area contributed by atoms with Crippen LogP contribution in [0.3, 0.4) is 0 Å². The third-order valence-corrected chi connectivity index (χ3v) is 4.29. The number of carbonyl (C=O) groups is 1. The van der Waals surface area contributed by atoms with Crippen molar-refractivity contribution in [2.45, 2.75) is 40.7 Å². The molecule has 1 rings (SSSR count). The summed E-state index contributed by atoms with van der Waals surface area (Å²) in [6.45, 7) is 10.2. The first-order valence-electron chi connectivity index (χ1n) is 8.13. The molecule has 0 aromatic carbocycles. The highest BCUT2D eigenvalue weighted by atomic mass is 16.5. The van der Waals surface area contributed by atoms with Crippen LogP contribution in [0.4, 0.5) is 0 Å². The van der Waals surface area contributed by atoms with Gasteiger partial charge in [0, 0.05) is 19.1 Å². The summed E-state index contributed by atoms with van der Waals surface area (Å²) in [7, 11) is 1.75. The van der Waals surface area contributed by atoms with Gasteiger partial charge in [0.25, 0.3) is 0 Å². The van der Waals surface area contributed by atoms with Gasteiger partial charge in [0.15, 0.2) is 0 Å². The third-order valence-electron chi connectivity index (χ3n) is 4.29. The third kappa shape index (κ3) is 5.82. The Morgan fingerprint density at radius 1 is 1.21 bits per heavy atom. The van der Waals surface area contributed by atoms with Crippen molar-refractivity contribution in [3.05, 3.63) is 70.4 Å². The summed E-state index contributed by atoms with van der Waals surface area (Å²) in [6, 6.07) is 0. The van der Waals surface area contributed by atoms with Crippen LogP contribution in [0.25, 0.3) is 0 Å². The first-order chi connectivity index (χ1) is 11.3. The summed E-state index contributed by atoms with van der Waals surface area (Å²) in [5.41, 5.74) is 5.64. The zero-order valence-corrected chi connectivity index (χ0v) is 15.5. The molecule has 3 heteroatoms. The van der Waals surface area contributed by atoms with Crippen LogP contribution in [0, 0.1) is 5.92 Å². The van der Waals surface area contributed by atoms with Crippen LogP contribution in [-0.4, -0.2) is 24.3 Å². The van der Waals surface area contributed by atoms with Gasteiger partial charge in [0.05, 0.1) is 6.10 Å². The number of methoxy groups -OCH3 is 1. The van der Waals surface area contributed by atoms with Gasteiger partial charge in [-0.2, -0.15) is 0 Å². The van der Waals surface area contributed by atoms with Crippen molar-refractivity contribution < 1.29 is 14.6 Å². The molecule has 0 spiro atoms. The normalized spacial score (nSPS) is 23.3. The average molecular weight is 328 g/mol. The first-order valence-corrected chi connectivity index (χ1v) is 8.13. The fraction of sp³-hybridized carbons (Fsp3) is 0.381. The molecule has 0 saturated carbocycles. The van der Waals surface area contributed by atoms with Crippen molar-refractivity contribution in [1.82, 2.24) is 0 Å². The van der Waals surface area contributed by atoms with Crippen molar-refractivity contribution in [2.75, 3.05) is 7.11 Å². The Labute approximate surface area is 145 Å². The minimum absolute atomic E-state index is 0.144. The van der Waals surface area contributed by atoms with E-state index in [0.717, 1.165) is 5.57 Å². The second kappa shape index (κ2) is 9.24. The first kappa shape index (κ1) is 19.9. The smallest absolute Gasteiger partial charge is 0.328 e. The standard InChI is InChI=1S/C21H28O3/c1-14(8-7-9-15(2)12-21(22)23)10-11-19-16(3)13-20(24-6)18(5)17(19)4/h7-13,18,20H,1-6H3,(H,22,23)/b9-7+,11-10+,14-8+,15-12+. The number of hydrogen-bond donors (Lipinski definition) is 1. The highest BCUT2D eigenvalue weighted by molar-refractivity contribution is 5.81. The Balaban J connectivity index is 2.86. The van der Waals surface area contributed by atoms with Gasteiger partial charge in [-0.15, -0.1) is 0 Å². The van der Waals surface area contributed by atoms with E-state index < -0.39 is 5.97 Å². The molecule has 1 N–H and O–H groups in total. The molecule has 2 atom stereocenters. The van der Waals surface area contributed by atoms with Crippen LogP contribution in [0.2, 0.25) is 0 Å². The van der Waals surface area contributed by atoms with Crippen LogP contribution in [0.15, 0.2) is 70.4 Å².